The molecule has 1 amide bonds. The summed E-state index contributed by atoms with van der Waals surface area (Å²) in [5.74, 6) is -1.29. The molecular weight excluding hydrogens is 317 g/mol. The van der Waals surface area contributed by atoms with E-state index in [1.165, 1.54) is 30.2 Å². The Hall–Kier alpha value is -1.43. The highest BCUT2D eigenvalue weighted by Crippen LogP contribution is 2.20. The van der Waals surface area contributed by atoms with Crippen LogP contribution in [-0.4, -0.2) is 36.5 Å². The number of ether oxygens (including phenoxy) is 1. The molecule has 0 N–H and O–H groups in total. The Morgan fingerprint density at radius 2 is 2.05 bits per heavy atom. The molecule has 0 atom stereocenters. The average Bonchev–Trinajstić information content (AvgIpc) is 2.34. The van der Waals surface area contributed by atoms with E-state index >= 15 is 0 Å². The van der Waals surface area contributed by atoms with Crippen molar-refractivity contribution in [3.05, 3.63) is 34.1 Å². The van der Waals surface area contributed by atoms with Gasteiger partial charge in [-0.3, -0.25) is 9.59 Å². The van der Waals surface area contributed by atoms with Gasteiger partial charge in [-0.15, -0.1) is 0 Å². The molecule has 0 heterocycles. The summed E-state index contributed by atoms with van der Waals surface area (Å²) in [6, 6.07) is 3.62. The van der Waals surface area contributed by atoms with Crippen LogP contribution in [-0.2, 0) is 9.53 Å². The Kier molecular flexibility index (Phi) is 5.47. The lowest BCUT2D eigenvalue weighted by Crippen LogP contribution is -2.41. The number of benzene rings is 1. The van der Waals surface area contributed by atoms with E-state index < -0.39 is 11.8 Å². The summed E-state index contributed by atoms with van der Waals surface area (Å²) in [5, 5.41) is 0. The normalized spacial score (nSPS) is 10.4. The largest absolute Gasteiger partial charge is 0.468 e. The predicted molar refractivity (Wildman–Crippen MR) is 72.3 cm³/mol. The molecule has 6 heteroatoms. The number of carbonyl (C=O) groups is 2. The number of methoxy groups -OCH3 is 1. The topological polar surface area (TPSA) is 46.6 Å². The van der Waals surface area contributed by atoms with Crippen molar-refractivity contribution in [3.8, 4) is 0 Å². The number of nitrogens with zero attached hydrogens (tertiary/aromatic N) is 1. The zero-order valence-corrected chi connectivity index (χ0v) is 12.5. The van der Waals surface area contributed by atoms with Crippen molar-refractivity contribution in [1.29, 1.82) is 0 Å². The van der Waals surface area contributed by atoms with Gasteiger partial charge in [-0.25, -0.2) is 4.39 Å². The van der Waals surface area contributed by atoms with Crippen molar-refractivity contribution < 1.29 is 18.7 Å². The first-order valence-electron chi connectivity index (χ1n) is 5.69. The summed E-state index contributed by atoms with van der Waals surface area (Å²) >= 11 is 3.14. The number of hydrogen-bond acceptors (Lipinski definition) is 3. The fourth-order valence-electron chi connectivity index (χ4n) is 1.51. The highest BCUT2D eigenvalue weighted by molar-refractivity contribution is 9.10. The monoisotopic (exact) mass is 331 g/mol. The van der Waals surface area contributed by atoms with Gasteiger partial charge in [-0.2, -0.15) is 0 Å². The Morgan fingerprint density at radius 1 is 1.42 bits per heavy atom. The second-order valence-corrected chi connectivity index (χ2v) is 5.08. The Bertz CT molecular complexity index is 491. The van der Waals surface area contributed by atoms with E-state index in [1.54, 1.807) is 13.8 Å². The zero-order chi connectivity index (χ0) is 14.6. The highest BCUT2D eigenvalue weighted by atomic mass is 79.9. The SMILES string of the molecule is COC(=O)CN(C(=O)c1ccc(F)cc1Br)C(C)C. The molecule has 0 saturated heterocycles. The van der Waals surface area contributed by atoms with Crippen LogP contribution in [0.1, 0.15) is 24.2 Å². The first-order valence-corrected chi connectivity index (χ1v) is 6.49. The van der Waals surface area contributed by atoms with Gasteiger partial charge < -0.3 is 9.64 Å². The van der Waals surface area contributed by atoms with Crippen LogP contribution < -0.4 is 0 Å². The molecule has 104 valence electrons. The zero-order valence-electron chi connectivity index (χ0n) is 10.9. The van der Waals surface area contributed by atoms with Crippen LogP contribution in [0.25, 0.3) is 0 Å². The summed E-state index contributed by atoms with van der Waals surface area (Å²) in [6.07, 6.45) is 0. The molecule has 0 unspecified atom stereocenters. The minimum Gasteiger partial charge on any atom is -0.468 e. The Labute approximate surface area is 119 Å². The van der Waals surface area contributed by atoms with E-state index in [9.17, 15) is 14.0 Å². The molecule has 1 aromatic carbocycles. The quantitative estimate of drug-likeness (QED) is 0.797. The fourth-order valence-corrected chi connectivity index (χ4v) is 2.03. The van der Waals surface area contributed by atoms with E-state index in [0.717, 1.165) is 0 Å². The number of carbonyl (C=O) groups excluding carboxylic acids is 2. The Balaban J connectivity index is 3.02. The van der Waals surface area contributed by atoms with Gasteiger partial charge in [0, 0.05) is 10.5 Å². The molecule has 19 heavy (non-hydrogen) atoms. The smallest absolute Gasteiger partial charge is 0.325 e. The summed E-state index contributed by atoms with van der Waals surface area (Å²) in [5.41, 5.74) is 0.305. The minimum absolute atomic E-state index is 0.142. The summed E-state index contributed by atoms with van der Waals surface area (Å²) in [7, 11) is 1.26. The minimum atomic E-state index is -0.500. The average molecular weight is 332 g/mol. The first-order chi connectivity index (χ1) is 8.86. The van der Waals surface area contributed by atoms with Gasteiger partial charge in [-0.05, 0) is 48.0 Å². The first kappa shape index (κ1) is 15.6. The number of rotatable bonds is 4. The third kappa shape index (κ3) is 4.02. The molecule has 0 aliphatic carbocycles. The molecule has 1 aromatic rings. The standard InChI is InChI=1S/C13H15BrFNO3/c1-8(2)16(7-12(17)19-3)13(18)10-5-4-9(15)6-11(10)14/h4-6,8H,7H2,1-3H3. The van der Waals surface area contributed by atoms with E-state index in [0.29, 0.717) is 10.0 Å². The second-order valence-electron chi connectivity index (χ2n) is 4.23. The molecule has 4 nitrogen and oxygen atoms in total. The number of halogens is 2. The van der Waals surface area contributed by atoms with Crippen molar-refractivity contribution in [2.75, 3.05) is 13.7 Å². The Morgan fingerprint density at radius 3 is 2.53 bits per heavy atom. The maximum atomic E-state index is 13.0. The van der Waals surface area contributed by atoms with Crippen molar-refractivity contribution in [1.82, 2.24) is 4.90 Å². The van der Waals surface area contributed by atoms with Gasteiger partial charge >= 0.3 is 5.97 Å². The van der Waals surface area contributed by atoms with Gasteiger partial charge in [0.15, 0.2) is 0 Å². The molecule has 1 rings (SSSR count). The molecule has 0 fully saturated rings. The summed E-state index contributed by atoms with van der Waals surface area (Å²) < 4.78 is 17.9. The molecule has 0 saturated carbocycles. The van der Waals surface area contributed by atoms with Crippen LogP contribution in [0.15, 0.2) is 22.7 Å². The maximum Gasteiger partial charge on any atom is 0.325 e. The van der Waals surface area contributed by atoms with Crippen LogP contribution in [0.5, 0.6) is 0 Å². The molecule has 0 aromatic heterocycles. The van der Waals surface area contributed by atoms with Crippen molar-refractivity contribution in [2.24, 2.45) is 0 Å². The van der Waals surface area contributed by atoms with Gasteiger partial charge in [0.25, 0.3) is 5.91 Å². The molecule has 0 aliphatic rings. The lowest BCUT2D eigenvalue weighted by atomic mass is 10.1. The lowest BCUT2D eigenvalue weighted by molar-refractivity contribution is -0.141. The number of hydrogen-bond donors (Lipinski definition) is 0. The highest BCUT2D eigenvalue weighted by Gasteiger charge is 2.23. The van der Waals surface area contributed by atoms with Crippen LogP contribution in [0.4, 0.5) is 4.39 Å². The fraction of sp³-hybridized carbons (Fsp3) is 0.385. The maximum absolute atomic E-state index is 13.0. The van der Waals surface area contributed by atoms with E-state index in [1.807, 2.05) is 0 Å². The molecule has 0 aliphatic heterocycles. The van der Waals surface area contributed by atoms with Gasteiger partial charge in [0.2, 0.25) is 0 Å². The second kappa shape index (κ2) is 6.65. The van der Waals surface area contributed by atoms with E-state index in [-0.39, 0.29) is 18.5 Å². The predicted octanol–water partition coefficient (Wildman–Crippen LogP) is 2.61. The molecule has 0 radical (unpaired) electrons. The number of esters is 1. The third-order valence-corrected chi connectivity index (χ3v) is 3.23. The van der Waals surface area contributed by atoms with Gasteiger partial charge in [0.1, 0.15) is 12.4 Å². The van der Waals surface area contributed by atoms with Gasteiger partial charge in [-0.1, -0.05) is 0 Å². The van der Waals surface area contributed by atoms with Crippen LogP contribution in [0.3, 0.4) is 0 Å². The van der Waals surface area contributed by atoms with Crippen LogP contribution >= 0.6 is 15.9 Å². The number of amides is 1. The molecular formula is C13H15BrFNO3. The van der Waals surface area contributed by atoms with Crippen LogP contribution in [0, 0.1) is 5.82 Å². The van der Waals surface area contributed by atoms with Crippen molar-refractivity contribution in [2.45, 2.75) is 19.9 Å². The summed E-state index contributed by atoms with van der Waals surface area (Å²) in [4.78, 5) is 25.0. The van der Waals surface area contributed by atoms with Crippen molar-refractivity contribution >= 4 is 27.8 Å². The molecule has 0 spiro atoms. The molecule has 0 bridgehead atoms. The van der Waals surface area contributed by atoms with E-state index in [2.05, 4.69) is 20.7 Å². The third-order valence-electron chi connectivity index (χ3n) is 2.57. The van der Waals surface area contributed by atoms with E-state index in [4.69, 9.17) is 0 Å². The lowest BCUT2D eigenvalue weighted by Gasteiger charge is -2.26. The summed E-state index contributed by atoms with van der Waals surface area (Å²) in [6.45, 7) is 3.44. The van der Waals surface area contributed by atoms with Crippen LogP contribution in [0.2, 0.25) is 0 Å². The van der Waals surface area contributed by atoms with Crippen molar-refractivity contribution in [3.63, 3.8) is 0 Å². The van der Waals surface area contributed by atoms with Gasteiger partial charge in [0.05, 0.1) is 12.7 Å².